The Bertz CT molecular complexity index is 298. The Balaban J connectivity index is 3.00. The van der Waals surface area contributed by atoms with Gasteiger partial charge in [-0.3, -0.25) is 5.10 Å². The first-order valence-electron chi connectivity index (χ1n) is 3.08. The minimum absolute atomic E-state index is 0.0133. The highest BCUT2D eigenvalue weighted by Gasteiger charge is 2.17. The van der Waals surface area contributed by atoms with Crippen LogP contribution in [0.1, 0.15) is 10.4 Å². The van der Waals surface area contributed by atoms with Crippen LogP contribution in [0, 0.1) is 0 Å². The molecule has 0 amide bonds. The summed E-state index contributed by atoms with van der Waals surface area (Å²) in [6.45, 7) is 3.21. The van der Waals surface area contributed by atoms with Crippen LogP contribution in [-0.4, -0.2) is 16.2 Å². The maximum atomic E-state index is 11.0. The molecular formula is C6H8N4O2. The van der Waals surface area contributed by atoms with E-state index in [1.807, 2.05) is 0 Å². The molecule has 64 valence electrons. The van der Waals surface area contributed by atoms with Gasteiger partial charge in [0.05, 0.1) is 6.26 Å². The average Bonchev–Trinajstić information content (AvgIpc) is 2.32. The molecule has 0 fully saturated rings. The van der Waals surface area contributed by atoms with Crippen molar-refractivity contribution in [2.75, 3.05) is 11.5 Å². The van der Waals surface area contributed by atoms with Crippen LogP contribution >= 0.6 is 0 Å². The van der Waals surface area contributed by atoms with Gasteiger partial charge >= 0.3 is 5.97 Å². The van der Waals surface area contributed by atoms with E-state index in [4.69, 9.17) is 11.5 Å². The first-order chi connectivity index (χ1) is 5.66. The van der Waals surface area contributed by atoms with Gasteiger partial charge in [0.25, 0.3) is 0 Å². The van der Waals surface area contributed by atoms with Crippen LogP contribution in [0.25, 0.3) is 0 Å². The lowest BCUT2D eigenvalue weighted by molar-refractivity contribution is 0.0666. The number of nitrogens with one attached hydrogen (secondary N) is 1. The molecule has 0 spiro atoms. The van der Waals surface area contributed by atoms with Crippen LogP contribution in [0.5, 0.6) is 0 Å². The van der Waals surface area contributed by atoms with Crippen molar-refractivity contribution < 1.29 is 9.53 Å². The highest BCUT2D eigenvalue weighted by molar-refractivity contribution is 5.99. The highest BCUT2D eigenvalue weighted by Crippen LogP contribution is 2.15. The molecule has 1 rings (SSSR count). The Morgan fingerprint density at radius 3 is 2.75 bits per heavy atom. The smallest absolute Gasteiger partial charge is 0.350 e. The predicted octanol–water partition coefficient (Wildman–Crippen LogP) is -0.126. The molecule has 12 heavy (non-hydrogen) atoms. The zero-order chi connectivity index (χ0) is 9.14. The van der Waals surface area contributed by atoms with E-state index in [0.717, 1.165) is 6.26 Å². The summed E-state index contributed by atoms with van der Waals surface area (Å²) in [6, 6.07) is 0. The fourth-order valence-corrected chi connectivity index (χ4v) is 0.719. The largest absolute Gasteiger partial charge is 0.431 e. The third kappa shape index (κ3) is 1.22. The van der Waals surface area contributed by atoms with E-state index in [0.29, 0.717) is 0 Å². The molecule has 1 aromatic heterocycles. The molecular weight excluding hydrogens is 160 g/mol. The number of nitrogen functional groups attached to an aromatic ring is 2. The second-order valence-corrected chi connectivity index (χ2v) is 1.97. The summed E-state index contributed by atoms with van der Waals surface area (Å²) in [5.41, 5.74) is 10.7. The summed E-state index contributed by atoms with van der Waals surface area (Å²) in [7, 11) is 0. The minimum Gasteiger partial charge on any atom is -0.431 e. The van der Waals surface area contributed by atoms with E-state index in [-0.39, 0.29) is 17.2 Å². The van der Waals surface area contributed by atoms with Gasteiger partial charge in [-0.15, -0.1) is 0 Å². The summed E-state index contributed by atoms with van der Waals surface area (Å²) >= 11 is 0. The number of carbonyl (C=O) groups excluding carboxylic acids is 1. The molecule has 0 aliphatic heterocycles. The lowest BCUT2D eigenvalue weighted by Gasteiger charge is -1.96. The molecule has 0 saturated carbocycles. The zero-order valence-electron chi connectivity index (χ0n) is 6.20. The van der Waals surface area contributed by atoms with Gasteiger partial charge < -0.3 is 16.2 Å². The third-order valence-electron chi connectivity index (χ3n) is 1.22. The molecule has 0 saturated heterocycles. The van der Waals surface area contributed by atoms with Crippen LogP contribution in [0.3, 0.4) is 0 Å². The third-order valence-corrected chi connectivity index (χ3v) is 1.22. The number of aromatic amines is 1. The van der Waals surface area contributed by atoms with Crippen molar-refractivity contribution in [2.45, 2.75) is 0 Å². The second kappa shape index (κ2) is 2.95. The van der Waals surface area contributed by atoms with Gasteiger partial charge in [0, 0.05) is 0 Å². The number of H-pyrrole nitrogens is 1. The second-order valence-electron chi connectivity index (χ2n) is 1.97. The fourth-order valence-electron chi connectivity index (χ4n) is 0.719. The number of carbonyl (C=O) groups is 1. The Hall–Kier alpha value is -1.98. The topological polar surface area (TPSA) is 107 Å². The lowest BCUT2D eigenvalue weighted by Crippen LogP contribution is -2.05. The fraction of sp³-hybridized carbons (Fsp3) is 0. The summed E-state index contributed by atoms with van der Waals surface area (Å²) < 4.78 is 4.45. The quantitative estimate of drug-likeness (QED) is 0.421. The molecule has 0 radical (unpaired) electrons. The lowest BCUT2D eigenvalue weighted by atomic mass is 10.3. The molecule has 5 N–H and O–H groups in total. The number of hydrogen-bond donors (Lipinski definition) is 3. The molecule has 6 heteroatoms. The number of rotatable bonds is 2. The number of nitrogens with zero attached hydrogens (tertiary/aromatic N) is 1. The number of esters is 1. The minimum atomic E-state index is -0.672. The molecule has 6 nitrogen and oxygen atoms in total. The van der Waals surface area contributed by atoms with Gasteiger partial charge in [-0.25, -0.2) is 4.79 Å². The van der Waals surface area contributed by atoms with Gasteiger partial charge in [-0.2, -0.15) is 5.10 Å². The van der Waals surface area contributed by atoms with Crippen LogP contribution in [-0.2, 0) is 4.74 Å². The summed E-state index contributed by atoms with van der Waals surface area (Å²) in [6.07, 6.45) is 0.994. The predicted molar refractivity (Wildman–Crippen MR) is 43.0 cm³/mol. The van der Waals surface area contributed by atoms with Crippen molar-refractivity contribution in [3.63, 3.8) is 0 Å². The molecule has 0 aliphatic rings. The molecule has 0 aromatic carbocycles. The number of nitrogens with two attached hydrogens (primary N) is 2. The zero-order valence-corrected chi connectivity index (χ0v) is 6.20. The van der Waals surface area contributed by atoms with Gasteiger partial charge in [0.1, 0.15) is 11.4 Å². The first kappa shape index (κ1) is 8.12. The normalized spacial score (nSPS) is 9.33. The van der Waals surface area contributed by atoms with Crippen LogP contribution < -0.4 is 11.5 Å². The summed E-state index contributed by atoms with van der Waals surface area (Å²) in [5, 5.41) is 5.86. The van der Waals surface area contributed by atoms with Crippen molar-refractivity contribution in [3.8, 4) is 0 Å². The van der Waals surface area contributed by atoms with E-state index >= 15 is 0 Å². The molecule has 0 aliphatic carbocycles. The number of hydrogen-bond acceptors (Lipinski definition) is 5. The van der Waals surface area contributed by atoms with Crippen molar-refractivity contribution in [3.05, 3.63) is 18.4 Å². The van der Waals surface area contributed by atoms with Crippen molar-refractivity contribution >= 4 is 17.6 Å². The van der Waals surface area contributed by atoms with Crippen molar-refractivity contribution in [2.24, 2.45) is 0 Å². The molecule has 1 heterocycles. The van der Waals surface area contributed by atoms with Gasteiger partial charge in [-0.05, 0) is 0 Å². The maximum Gasteiger partial charge on any atom is 0.350 e. The Labute approximate surface area is 68.2 Å². The van der Waals surface area contributed by atoms with E-state index in [1.54, 1.807) is 0 Å². The maximum absolute atomic E-state index is 11.0. The van der Waals surface area contributed by atoms with E-state index in [2.05, 4.69) is 21.5 Å². The van der Waals surface area contributed by atoms with Gasteiger partial charge in [-0.1, -0.05) is 6.58 Å². The summed E-state index contributed by atoms with van der Waals surface area (Å²) in [5.74, 6) is -0.576. The number of aromatic nitrogens is 2. The number of ether oxygens (including phenoxy) is 1. The molecule has 0 bridgehead atoms. The van der Waals surface area contributed by atoms with Crippen LogP contribution in [0.2, 0.25) is 0 Å². The Morgan fingerprint density at radius 1 is 1.67 bits per heavy atom. The Morgan fingerprint density at radius 2 is 2.33 bits per heavy atom. The molecule has 1 aromatic rings. The average molecular weight is 168 g/mol. The highest BCUT2D eigenvalue weighted by atomic mass is 16.5. The first-order valence-corrected chi connectivity index (χ1v) is 3.08. The van der Waals surface area contributed by atoms with Crippen LogP contribution in [0.4, 0.5) is 11.6 Å². The van der Waals surface area contributed by atoms with E-state index in [9.17, 15) is 4.79 Å². The number of anilines is 2. The van der Waals surface area contributed by atoms with E-state index in [1.165, 1.54) is 0 Å². The standard InChI is InChI=1S/C6H8N4O2/c1-2-12-6(11)3-4(7)9-10-5(3)8/h2H,1H2,(H5,7,8,9,10). The van der Waals surface area contributed by atoms with Crippen LogP contribution in [0.15, 0.2) is 12.8 Å². The summed E-state index contributed by atoms with van der Waals surface area (Å²) in [4.78, 5) is 11.0. The SMILES string of the molecule is C=COC(=O)c1c(N)n[nH]c1N. The van der Waals surface area contributed by atoms with Crippen molar-refractivity contribution in [1.82, 2.24) is 10.2 Å². The monoisotopic (exact) mass is 168 g/mol. The molecule has 0 atom stereocenters. The van der Waals surface area contributed by atoms with Crippen molar-refractivity contribution in [1.29, 1.82) is 0 Å². The van der Waals surface area contributed by atoms with Gasteiger partial charge in [0.2, 0.25) is 0 Å². The Kier molecular flexibility index (Phi) is 2.00. The molecule has 0 unspecified atom stereocenters. The van der Waals surface area contributed by atoms with Gasteiger partial charge in [0.15, 0.2) is 5.82 Å². The van der Waals surface area contributed by atoms with E-state index < -0.39 is 5.97 Å².